The molecule has 0 radical (unpaired) electrons. The molecule has 1 aliphatic rings. The summed E-state index contributed by atoms with van der Waals surface area (Å²) in [4.78, 5) is 12.8. The van der Waals surface area contributed by atoms with Crippen molar-refractivity contribution in [2.24, 2.45) is 5.73 Å². The van der Waals surface area contributed by atoms with Crippen molar-refractivity contribution in [1.82, 2.24) is 10.6 Å². The summed E-state index contributed by atoms with van der Waals surface area (Å²) < 4.78 is 5.60. The van der Waals surface area contributed by atoms with Crippen molar-refractivity contribution < 1.29 is 9.53 Å². The number of benzene rings is 1. The highest BCUT2D eigenvalue weighted by Gasteiger charge is 2.38. The zero-order valence-electron chi connectivity index (χ0n) is 17.9. The predicted molar refractivity (Wildman–Crippen MR) is 120 cm³/mol. The average molecular weight is 429 g/mol. The van der Waals surface area contributed by atoms with E-state index in [4.69, 9.17) is 22.1 Å². The van der Waals surface area contributed by atoms with Crippen molar-refractivity contribution in [1.29, 1.82) is 5.26 Å². The van der Waals surface area contributed by atoms with Crippen LogP contribution < -0.4 is 21.1 Å². The minimum atomic E-state index is -0.188. The van der Waals surface area contributed by atoms with Gasteiger partial charge in [0.15, 0.2) is 0 Å². The monoisotopic (exact) mass is 428 g/mol. The quantitative estimate of drug-likeness (QED) is 0.358. The number of nitrogens with one attached hydrogen (secondary N) is 2. The van der Waals surface area contributed by atoms with Crippen LogP contribution in [-0.2, 0) is 0 Å². The van der Waals surface area contributed by atoms with Crippen LogP contribution in [0.2, 0.25) is 5.02 Å². The van der Waals surface area contributed by atoms with Crippen LogP contribution in [0.5, 0.6) is 5.75 Å². The fourth-order valence-corrected chi connectivity index (χ4v) is 4.17. The van der Waals surface area contributed by atoms with Gasteiger partial charge in [0.05, 0.1) is 10.6 Å². The van der Waals surface area contributed by atoms with E-state index in [2.05, 4.69) is 44.9 Å². The van der Waals surface area contributed by atoms with Crippen molar-refractivity contribution in [3.8, 4) is 11.8 Å². The summed E-state index contributed by atoms with van der Waals surface area (Å²) in [5.41, 5.74) is 5.80. The number of allylic oxidation sites excluding steroid dienone is 3. The molecule has 0 bridgehead atoms. The smallest absolute Gasteiger partial charge is 0.251 e. The Labute approximate surface area is 183 Å². The van der Waals surface area contributed by atoms with Gasteiger partial charge in [0.25, 0.3) is 5.91 Å². The Morgan fingerprint density at radius 2 is 2.00 bits per heavy atom. The highest BCUT2D eigenvalue weighted by Crippen LogP contribution is 2.30. The lowest BCUT2D eigenvalue weighted by atomic mass is 9.79. The van der Waals surface area contributed by atoms with E-state index in [0.29, 0.717) is 11.3 Å². The zero-order valence-corrected chi connectivity index (χ0v) is 18.6. The second-order valence-corrected chi connectivity index (χ2v) is 9.13. The van der Waals surface area contributed by atoms with E-state index in [1.807, 2.05) is 6.07 Å². The Balaban J connectivity index is 2.10. The Bertz CT molecular complexity index is 910. The number of nitrogens with zero attached hydrogens (tertiary/aromatic N) is 1. The van der Waals surface area contributed by atoms with E-state index in [-0.39, 0.29) is 39.4 Å². The summed E-state index contributed by atoms with van der Waals surface area (Å²) in [5, 5.41) is 16.2. The molecule has 6 nitrogen and oxygen atoms in total. The van der Waals surface area contributed by atoms with Gasteiger partial charge in [0, 0.05) is 22.7 Å². The fourth-order valence-electron chi connectivity index (χ4n) is 3.95. The van der Waals surface area contributed by atoms with E-state index >= 15 is 0 Å². The van der Waals surface area contributed by atoms with Crippen molar-refractivity contribution in [3.63, 3.8) is 0 Å². The molecule has 0 unspecified atom stereocenters. The van der Waals surface area contributed by atoms with Gasteiger partial charge in [-0.2, -0.15) is 5.26 Å². The largest absolute Gasteiger partial charge is 0.455 e. The molecule has 2 rings (SSSR count). The molecule has 0 saturated carbocycles. The van der Waals surface area contributed by atoms with Gasteiger partial charge < -0.3 is 21.1 Å². The third kappa shape index (κ3) is 6.38. The van der Waals surface area contributed by atoms with Crippen LogP contribution >= 0.6 is 11.6 Å². The number of carbonyl (C=O) groups excluding carboxylic acids is 1. The van der Waals surface area contributed by atoms with E-state index in [9.17, 15) is 10.1 Å². The van der Waals surface area contributed by atoms with Gasteiger partial charge in [-0.05, 0) is 77.1 Å². The number of nitrogens with two attached hydrogens (primary N) is 1. The first-order chi connectivity index (χ1) is 14.0. The molecule has 1 amide bonds. The van der Waals surface area contributed by atoms with Gasteiger partial charge in [0.2, 0.25) is 0 Å². The van der Waals surface area contributed by atoms with E-state index < -0.39 is 0 Å². The van der Waals surface area contributed by atoms with Crippen molar-refractivity contribution >= 4 is 17.5 Å². The number of piperidine rings is 1. The molecule has 160 valence electrons. The molecule has 1 heterocycles. The molecular formula is C23H29ClN4O2. The lowest BCUT2D eigenvalue weighted by Crippen LogP contribution is -2.62. The maximum Gasteiger partial charge on any atom is 0.251 e. The molecule has 0 atom stereocenters. The summed E-state index contributed by atoms with van der Waals surface area (Å²) >= 11 is 6.31. The molecule has 0 aliphatic carbocycles. The molecule has 30 heavy (non-hydrogen) atoms. The molecule has 1 fully saturated rings. The van der Waals surface area contributed by atoms with Crippen LogP contribution in [0.25, 0.3) is 0 Å². The first-order valence-corrected chi connectivity index (χ1v) is 10.1. The first kappa shape index (κ1) is 23.5. The van der Waals surface area contributed by atoms with Crippen LogP contribution in [0.3, 0.4) is 0 Å². The minimum absolute atomic E-state index is 0.0529. The fraction of sp³-hybridized carbons (Fsp3) is 0.391. The van der Waals surface area contributed by atoms with Crippen LogP contribution in [0.15, 0.2) is 54.5 Å². The number of halogens is 1. The Morgan fingerprint density at radius 3 is 2.53 bits per heavy atom. The lowest BCUT2D eigenvalue weighted by Gasteiger charge is -2.46. The predicted octanol–water partition coefficient (Wildman–Crippen LogP) is 4.19. The number of nitriles is 1. The maximum atomic E-state index is 12.8. The van der Waals surface area contributed by atoms with Gasteiger partial charge in [-0.25, -0.2) is 0 Å². The van der Waals surface area contributed by atoms with Crippen molar-refractivity contribution in [3.05, 3.63) is 65.0 Å². The second-order valence-electron chi connectivity index (χ2n) is 8.72. The number of carbonyl (C=O) groups is 1. The van der Waals surface area contributed by atoms with E-state index in [1.165, 1.54) is 18.4 Å². The molecule has 1 saturated heterocycles. The molecule has 0 spiro atoms. The summed E-state index contributed by atoms with van der Waals surface area (Å²) in [7, 11) is 0. The van der Waals surface area contributed by atoms with Crippen LogP contribution in [0, 0.1) is 11.3 Å². The van der Waals surface area contributed by atoms with E-state index in [0.717, 1.165) is 12.8 Å². The Kier molecular flexibility index (Phi) is 7.35. The first-order valence-electron chi connectivity index (χ1n) is 9.72. The van der Waals surface area contributed by atoms with Gasteiger partial charge in [-0.1, -0.05) is 18.2 Å². The molecule has 1 aromatic carbocycles. The van der Waals surface area contributed by atoms with Crippen molar-refractivity contribution in [2.75, 3.05) is 0 Å². The highest BCUT2D eigenvalue weighted by molar-refractivity contribution is 6.32. The zero-order chi connectivity index (χ0) is 22.5. The van der Waals surface area contributed by atoms with Crippen LogP contribution in [0.1, 0.15) is 50.9 Å². The SMILES string of the molecule is C=C(Oc1ccc(C(=O)NC2CC(C)(C)NC(C)(C)C2)cc1Cl)/C(C#N)=C\C=C/N. The summed E-state index contributed by atoms with van der Waals surface area (Å²) in [5.74, 6) is 0.251. The lowest BCUT2D eigenvalue weighted by molar-refractivity contribution is 0.0873. The molecule has 0 aromatic heterocycles. The highest BCUT2D eigenvalue weighted by atomic mass is 35.5. The summed E-state index contributed by atoms with van der Waals surface area (Å²) in [6, 6.07) is 6.81. The average Bonchev–Trinajstić information content (AvgIpc) is 2.61. The summed E-state index contributed by atoms with van der Waals surface area (Å²) in [6.07, 6.45) is 5.95. The molecule has 4 N–H and O–H groups in total. The number of hydrogen-bond acceptors (Lipinski definition) is 5. The Hall–Kier alpha value is -2.75. The number of ether oxygens (including phenoxy) is 1. The summed E-state index contributed by atoms with van der Waals surface area (Å²) in [6.45, 7) is 12.3. The van der Waals surface area contributed by atoms with E-state index in [1.54, 1.807) is 18.2 Å². The minimum Gasteiger partial charge on any atom is -0.455 e. The molecule has 1 aliphatic heterocycles. The normalized spacial score (nSPS) is 18.6. The second kappa shape index (κ2) is 9.38. The number of amides is 1. The van der Waals surface area contributed by atoms with Gasteiger partial charge in [-0.3, -0.25) is 4.79 Å². The topological polar surface area (TPSA) is 100 Å². The Morgan fingerprint density at radius 1 is 1.37 bits per heavy atom. The third-order valence-corrected chi connectivity index (χ3v) is 5.04. The van der Waals surface area contributed by atoms with Gasteiger partial charge >= 0.3 is 0 Å². The number of hydrogen-bond donors (Lipinski definition) is 3. The van der Waals surface area contributed by atoms with Crippen molar-refractivity contribution in [2.45, 2.75) is 57.7 Å². The third-order valence-electron chi connectivity index (χ3n) is 4.75. The van der Waals surface area contributed by atoms with Gasteiger partial charge in [-0.15, -0.1) is 0 Å². The molecular weight excluding hydrogens is 400 g/mol. The maximum absolute atomic E-state index is 12.8. The van der Waals surface area contributed by atoms with Gasteiger partial charge in [0.1, 0.15) is 17.6 Å². The standard InChI is InChI=1S/C23H29ClN4O2/c1-15(17(14-26)7-6-10-25)30-20-9-8-16(11-19(20)24)21(29)27-18-12-22(2,3)28-23(4,5)13-18/h6-11,18,28H,1,12-13,25H2,2-5H3,(H,27,29)/b10-6-,17-7-. The van der Waals surface area contributed by atoms with Crippen LogP contribution in [-0.4, -0.2) is 23.0 Å². The molecule has 7 heteroatoms. The van der Waals surface area contributed by atoms with Crippen LogP contribution in [0.4, 0.5) is 0 Å². The number of rotatable bonds is 6. The molecule has 1 aromatic rings.